The van der Waals surface area contributed by atoms with Gasteiger partial charge in [0.1, 0.15) is 5.69 Å². The number of aromatic nitrogens is 5. The van der Waals surface area contributed by atoms with Gasteiger partial charge in [0, 0.05) is 18.7 Å². The van der Waals surface area contributed by atoms with Gasteiger partial charge >= 0.3 is 0 Å². The number of hydrogen-bond donors (Lipinski definition) is 1. The van der Waals surface area contributed by atoms with Gasteiger partial charge in [0.15, 0.2) is 5.65 Å². The van der Waals surface area contributed by atoms with Crippen molar-refractivity contribution in [3.63, 3.8) is 0 Å². The second-order valence-electron chi connectivity index (χ2n) is 9.23. The lowest BCUT2D eigenvalue weighted by Gasteiger charge is -2.11. The summed E-state index contributed by atoms with van der Waals surface area (Å²) in [6.45, 7) is 7.88. The van der Waals surface area contributed by atoms with Gasteiger partial charge in [-0.15, -0.1) is 0 Å². The monoisotopic (exact) mass is 480 g/mol. The molecule has 1 N–H and O–H groups in total. The van der Waals surface area contributed by atoms with Crippen LogP contribution < -0.4 is 10.9 Å². The third-order valence-electron chi connectivity index (χ3n) is 6.44. The molecule has 0 radical (unpaired) electrons. The van der Waals surface area contributed by atoms with E-state index in [0.29, 0.717) is 28.0 Å². The third-order valence-corrected chi connectivity index (χ3v) is 6.44. The van der Waals surface area contributed by atoms with Gasteiger partial charge in [-0.1, -0.05) is 48.0 Å². The van der Waals surface area contributed by atoms with E-state index in [1.807, 2.05) is 82.3 Å². The topological polar surface area (TPSA) is 86.7 Å². The Morgan fingerprint density at radius 3 is 2.36 bits per heavy atom. The van der Waals surface area contributed by atoms with Crippen LogP contribution in [-0.4, -0.2) is 30.0 Å². The highest BCUT2D eigenvalue weighted by molar-refractivity contribution is 6.12. The maximum atomic E-state index is 13.7. The van der Waals surface area contributed by atoms with Crippen LogP contribution in [0.1, 0.15) is 41.5 Å². The normalized spacial score (nSPS) is 11.4. The lowest BCUT2D eigenvalue weighted by Crippen LogP contribution is -2.23. The molecule has 2 aromatic carbocycles. The molecular weight excluding hydrogens is 452 g/mol. The molecule has 8 nitrogen and oxygen atoms in total. The van der Waals surface area contributed by atoms with Crippen LogP contribution in [0.5, 0.6) is 0 Å². The van der Waals surface area contributed by atoms with Crippen LogP contribution in [0, 0.1) is 13.8 Å². The lowest BCUT2D eigenvalue weighted by atomic mass is 10.0. The first kappa shape index (κ1) is 23.3. The van der Waals surface area contributed by atoms with Crippen LogP contribution in [0.15, 0.2) is 71.7 Å². The Hall–Kier alpha value is -4.46. The van der Waals surface area contributed by atoms with Crippen molar-refractivity contribution in [3.05, 3.63) is 94.0 Å². The first-order valence-electron chi connectivity index (χ1n) is 11.9. The maximum Gasteiger partial charge on any atom is 0.295 e. The molecule has 0 aliphatic heterocycles. The second kappa shape index (κ2) is 8.96. The second-order valence-corrected chi connectivity index (χ2v) is 9.23. The minimum absolute atomic E-state index is 0.0635. The SMILES string of the molecule is Cc1ccc(-c2cc(C(=O)Nc3c(C)n(C)n(-c4ccccc4)c3=O)c3cnn(C(C)C)c3n2)cc1. The minimum atomic E-state index is -0.384. The largest absolute Gasteiger partial charge is 0.316 e. The standard InChI is InChI=1S/C28H28N6O2/c1-17(2)33-26-23(16-29-33)22(15-24(30-26)20-13-11-18(3)12-14-20)27(35)31-25-19(4)32(5)34(28(25)36)21-9-7-6-8-10-21/h6-17H,1-5H3,(H,31,35). The van der Waals surface area contributed by atoms with Gasteiger partial charge in [-0.3, -0.25) is 14.3 Å². The van der Waals surface area contributed by atoms with Gasteiger partial charge in [-0.05, 0) is 45.9 Å². The molecule has 8 heteroatoms. The number of hydrogen-bond acceptors (Lipinski definition) is 4. The van der Waals surface area contributed by atoms with Gasteiger partial charge in [0.25, 0.3) is 11.5 Å². The number of nitrogens with zero attached hydrogens (tertiary/aromatic N) is 5. The first-order valence-corrected chi connectivity index (χ1v) is 11.9. The number of nitrogens with one attached hydrogen (secondary N) is 1. The molecule has 0 bridgehead atoms. The third kappa shape index (κ3) is 3.90. The summed E-state index contributed by atoms with van der Waals surface area (Å²) >= 11 is 0. The lowest BCUT2D eigenvalue weighted by molar-refractivity contribution is 0.102. The predicted octanol–water partition coefficient (Wildman–Crippen LogP) is 5.04. The molecule has 0 saturated heterocycles. The molecule has 0 saturated carbocycles. The van der Waals surface area contributed by atoms with Crippen molar-refractivity contribution in [3.8, 4) is 16.9 Å². The van der Waals surface area contributed by atoms with E-state index in [1.165, 1.54) is 0 Å². The molecular formula is C28H28N6O2. The van der Waals surface area contributed by atoms with Crippen molar-refractivity contribution in [1.82, 2.24) is 24.1 Å². The van der Waals surface area contributed by atoms with Gasteiger partial charge in [-0.25, -0.2) is 14.3 Å². The number of para-hydroxylation sites is 1. The molecule has 1 amide bonds. The van der Waals surface area contributed by atoms with Gasteiger partial charge < -0.3 is 5.32 Å². The highest BCUT2D eigenvalue weighted by Crippen LogP contribution is 2.27. The summed E-state index contributed by atoms with van der Waals surface area (Å²) in [6.07, 6.45) is 1.66. The molecule has 0 aliphatic rings. The average Bonchev–Trinajstić information content (AvgIpc) is 3.39. The van der Waals surface area contributed by atoms with E-state index >= 15 is 0 Å². The molecule has 0 unspecified atom stereocenters. The first-order chi connectivity index (χ1) is 17.3. The van der Waals surface area contributed by atoms with Crippen molar-refractivity contribution in [2.45, 2.75) is 33.7 Å². The van der Waals surface area contributed by atoms with Crippen molar-refractivity contribution in [1.29, 1.82) is 0 Å². The quantitative estimate of drug-likeness (QED) is 0.382. The van der Waals surface area contributed by atoms with Crippen molar-refractivity contribution < 1.29 is 4.79 Å². The van der Waals surface area contributed by atoms with E-state index in [4.69, 9.17) is 4.98 Å². The Labute approximate surface area is 208 Å². The number of pyridine rings is 1. The minimum Gasteiger partial charge on any atom is -0.316 e. The van der Waals surface area contributed by atoms with Crippen molar-refractivity contribution in [2.24, 2.45) is 7.05 Å². The summed E-state index contributed by atoms with van der Waals surface area (Å²) in [7, 11) is 1.80. The molecule has 182 valence electrons. The Kier molecular flexibility index (Phi) is 5.80. The van der Waals surface area contributed by atoms with Crippen LogP contribution >= 0.6 is 0 Å². The van der Waals surface area contributed by atoms with Crippen LogP contribution in [0.4, 0.5) is 5.69 Å². The summed E-state index contributed by atoms with van der Waals surface area (Å²) in [5.41, 5.74) is 5.06. The fourth-order valence-electron chi connectivity index (χ4n) is 4.35. The number of carbonyl (C=O) groups is 1. The summed E-state index contributed by atoms with van der Waals surface area (Å²) < 4.78 is 5.09. The number of rotatable bonds is 5. The summed E-state index contributed by atoms with van der Waals surface area (Å²) in [5.74, 6) is -0.384. The molecule has 3 aromatic heterocycles. The van der Waals surface area contributed by atoms with E-state index in [-0.39, 0.29) is 23.2 Å². The van der Waals surface area contributed by atoms with E-state index in [9.17, 15) is 9.59 Å². The van der Waals surface area contributed by atoms with Crippen LogP contribution in [0.2, 0.25) is 0 Å². The Balaban J connectivity index is 1.63. The zero-order valence-corrected chi connectivity index (χ0v) is 21.0. The molecule has 5 aromatic rings. The average molecular weight is 481 g/mol. The van der Waals surface area contributed by atoms with Gasteiger partial charge in [0.05, 0.1) is 34.2 Å². The highest BCUT2D eigenvalue weighted by Gasteiger charge is 2.22. The number of fused-ring (bicyclic) bond motifs is 1. The summed E-state index contributed by atoms with van der Waals surface area (Å²) in [6, 6.07) is 19.2. The predicted molar refractivity (Wildman–Crippen MR) is 142 cm³/mol. The summed E-state index contributed by atoms with van der Waals surface area (Å²) in [4.78, 5) is 31.9. The number of anilines is 1. The number of carbonyl (C=O) groups excluding carboxylic acids is 1. The number of benzene rings is 2. The molecule has 0 aliphatic carbocycles. The van der Waals surface area contributed by atoms with Crippen LogP contribution in [-0.2, 0) is 7.05 Å². The van der Waals surface area contributed by atoms with Crippen LogP contribution in [0.25, 0.3) is 28.0 Å². The van der Waals surface area contributed by atoms with E-state index in [1.54, 1.807) is 33.4 Å². The Morgan fingerprint density at radius 2 is 1.69 bits per heavy atom. The van der Waals surface area contributed by atoms with E-state index in [2.05, 4.69) is 10.4 Å². The van der Waals surface area contributed by atoms with Gasteiger partial charge in [-0.2, -0.15) is 5.10 Å². The van der Waals surface area contributed by atoms with Gasteiger partial charge in [0.2, 0.25) is 0 Å². The zero-order valence-electron chi connectivity index (χ0n) is 21.0. The van der Waals surface area contributed by atoms with Crippen molar-refractivity contribution in [2.75, 3.05) is 5.32 Å². The smallest absolute Gasteiger partial charge is 0.295 e. The molecule has 0 spiro atoms. The van der Waals surface area contributed by atoms with E-state index < -0.39 is 0 Å². The molecule has 0 atom stereocenters. The Morgan fingerprint density at radius 1 is 1.00 bits per heavy atom. The van der Waals surface area contributed by atoms with Crippen molar-refractivity contribution >= 4 is 22.6 Å². The van der Waals surface area contributed by atoms with Crippen LogP contribution in [0.3, 0.4) is 0 Å². The molecule has 3 heterocycles. The highest BCUT2D eigenvalue weighted by atomic mass is 16.2. The Bertz CT molecular complexity index is 1640. The molecule has 0 fully saturated rings. The number of aryl methyl sites for hydroxylation is 1. The fraction of sp³-hybridized carbons (Fsp3) is 0.214. The van der Waals surface area contributed by atoms with E-state index in [0.717, 1.165) is 16.8 Å². The fourth-order valence-corrected chi connectivity index (χ4v) is 4.35. The zero-order chi connectivity index (χ0) is 25.6. The summed E-state index contributed by atoms with van der Waals surface area (Å²) in [5, 5.41) is 8.01. The number of amides is 1. The maximum absolute atomic E-state index is 13.7. The molecule has 5 rings (SSSR count). The molecule has 36 heavy (non-hydrogen) atoms.